The lowest BCUT2D eigenvalue weighted by molar-refractivity contribution is 0.00578. The van der Waals surface area contributed by atoms with Crippen LogP contribution in [0.15, 0.2) is 36.5 Å². The number of anilines is 1. The van der Waals surface area contributed by atoms with E-state index >= 15 is 0 Å². The lowest BCUT2D eigenvalue weighted by Gasteiger charge is -2.32. The number of amides is 1. The van der Waals surface area contributed by atoms with Gasteiger partial charge in [-0.3, -0.25) is 10.00 Å². The number of rotatable bonds is 4. The summed E-state index contributed by atoms with van der Waals surface area (Å²) in [5.74, 6) is 0.485. The first-order valence-electron chi connectivity index (χ1n) is 9.01. The highest BCUT2D eigenvalue weighted by molar-refractivity contribution is 6.63. The topological polar surface area (TPSA) is 74.6 Å². The van der Waals surface area contributed by atoms with E-state index in [1.54, 1.807) is 17.9 Å². The molecule has 1 N–H and O–H groups in total. The van der Waals surface area contributed by atoms with Crippen molar-refractivity contribution in [3.8, 4) is 0 Å². The van der Waals surface area contributed by atoms with Gasteiger partial charge in [-0.2, -0.15) is 5.10 Å². The van der Waals surface area contributed by atoms with Gasteiger partial charge in [0.1, 0.15) is 11.9 Å². The van der Waals surface area contributed by atoms with Crippen LogP contribution in [0.1, 0.15) is 46.3 Å². The number of aromatic nitrogens is 2. The average Bonchev–Trinajstić information content (AvgIpc) is 3.05. The Morgan fingerprint density at radius 2 is 1.78 bits per heavy atom. The van der Waals surface area contributed by atoms with Crippen LogP contribution >= 0.6 is 0 Å². The Bertz CT molecular complexity index is 804. The minimum absolute atomic E-state index is 0.375. The predicted molar refractivity (Wildman–Crippen MR) is 104 cm³/mol. The Morgan fingerprint density at radius 3 is 2.37 bits per heavy atom. The van der Waals surface area contributed by atoms with Crippen LogP contribution in [0.4, 0.5) is 10.6 Å². The number of ether oxygens (including phenoxy) is 1. The zero-order chi connectivity index (χ0) is 19.8. The number of aryl methyl sites for hydroxylation is 1. The molecule has 1 fully saturated rings. The molecule has 0 bridgehead atoms. The molecular formula is C19H26BN3O4. The summed E-state index contributed by atoms with van der Waals surface area (Å²) in [7, 11) is 1.12. The smallest absolute Gasteiger partial charge is 0.441 e. The largest absolute Gasteiger partial charge is 0.500 e. The molecule has 144 valence electrons. The van der Waals surface area contributed by atoms with E-state index in [1.807, 2.05) is 65.0 Å². The number of hydrogen-bond donors (Lipinski definition) is 1. The molecule has 3 rings (SSSR count). The van der Waals surface area contributed by atoms with Crippen LogP contribution in [-0.2, 0) is 21.1 Å². The second-order valence-electron chi connectivity index (χ2n) is 7.74. The van der Waals surface area contributed by atoms with Gasteiger partial charge in [0.2, 0.25) is 0 Å². The first kappa shape index (κ1) is 19.4. The molecule has 0 aliphatic carbocycles. The second-order valence-corrected chi connectivity index (χ2v) is 7.74. The lowest BCUT2D eigenvalue weighted by Crippen LogP contribution is -2.41. The fourth-order valence-electron chi connectivity index (χ4n) is 2.83. The van der Waals surface area contributed by atoms with E-state index in [2.05, 4.69) is 10.4 Å². The third kappa shape index (κ3) is 3.86. The Kier molecular flexibility index (Phi) is 5.05. The fourth-order valence-corrected chi connectivity index (χ4v) is 2.83. The van der Waals surface area contributed by atoms with Gasteiger partial charge in [-0.15, -0.1) is 0 Å². The maximum absolute atomic E-state index is 12.4. The number of benzene rings is 1. The molecular weight excluding hydrogens is 345 g/mol. The number of carbonyl (C=O) groups is 1. The second kappa shape index (κ2) is 7.01. The molecule has 0 saturated carbocycles. The maximum atomic E-state index is 12.4. The van der Waals surface area contributed by atoms with Crippen molar-refractivity contribution in [2.45, 2.75) is 51.9 Å². The molecule has 1 aromatic heterocycles. The number of carbonyl (C=O) groups excluding carboxylic acids is 1. The van der Waals surface area contributed by atoms with Crippen LogP contribution < -0.4 is 10.8 Å². The van der Waals surface area contributed by atoms with Crippen LogP contribution in [0.2, 0.25) is 0 Å². The number of nitrogens with zero attached hydrogens (tertiary/aromatic N) is 2. The summed E-state index contributed by atoms with van der Waals surface area (Å²) in [6, 6.07) is 9.56. The van der Waals surface area contributed by atoms with Crippen molar-refractivity contribution in [3.05, 3.63) is 42.1 Å². The Balaban J connectivity index is 1.73. The van der Waals surface area contributed by atoms with Crippen molar-refractivity contribution in [1.29, 1.82) is 0 Å². The molecule has 0 unspecified atom stereocenters. The van der Waals surface area contributed by atoms with E-state index in [4.69, 9.17) is 14.0 Å². The van der Waals surface area contributed by atoms with Crippen LogP contribution in [0.5, 0.6) is 0 Å². The van der Waals surface area contributed by atoms with E-state index in [1.165, 1.54) is 0 Å². The van der Waals surface area contributed by atoms with E-state index in [-0.39, 0.29) is 6.10 Å². The molecule has 7 nitrogen and oxygen atoms in total. The van der Waals surface area contributed by atoms with Crippen LogP contribution in [0.3, 0.4) is 0 Å². The van der Waals surface area contributed by atoms with Crippen LogP contribution in [0, 0.1) is 0 Å². The van der Waals surface area contributed by atoms with Crippen molar-refractivity contribution in [2.24, 2.45) is 7.05 Å². The molecule has 1 aliphatic heterocycles. The predicted octanol–water partition coefficient (Wildman–Crippen LogP) is 3.03. The van der Waals surface area contributed by atoms with Crippen molar-refractivity contribution >= 4 is 24.5 Å². The third-order valence-corrected chi connectivity index (χ3v) is 5.25. The fraction of sp³-hybridized carbons (Fsp3) is 0.474. The Hall–Kier alpha value is -2.32. The monoisotopic (exact) mass is 371 g/mol. The highest BCUT2D eigenvalue weighted by Gasteiger charge is 2.53. The Morgan fingerprint density at radius 1 is 1.19 bits per heavy atom. The summed E-state index contributed by atoms with van der Waals surface area (Å²) >= 11 is 0. The molecule has 27 heavy (non-hydrogen) atoms. The molecule has 1 amide bonds. The quantitative estimate of drug-likeness (QED) is 0.837. The molecule has 8 heteroatoms. The van der Waals surface area contributed by atoms with Crippen LogP contribution in [0.25, 0.3) is 0 Å². The van der Waals surface area contributed by atoms with Gasteiger partial charge < -0.3 is 14.0 Å². The van der Waals surface area contributed by atoms with Crippen LogP contribution in [-0.4, -0.2) is 34.2 Å². The highest BCUT2D eigenvalue weighted by atomic mass is 16.7. The van der Waals surface area contributed by atoms with Gasteiger partial charge in [0, 0.05) is 12.5 Å². The minimum Gasteiger partial charge on any atom is -0.441 e. The van der Waals surface area contributed by atoms with Gasteiger partial charge in [0.05, 0.1) is 17.4 Å². The van der Waals surface area contributed by atoms with Gasteiger partial charge in [-0.05, 0) is 40.2 Å². The van der Waals surface area contributed by atoms with E-state index < -0.39 is 24.4 Å². The zero-order valence-corrected chi connectivity index (χ0v) is 16.6. The lowest BCUT2D eigenvalue weighted by atomic mass is 9.80. The summed E-state index contributed by atoms with van der Waals surface area (Å²) in [5, 5.41) is 7.00. The minimum atomic E-state index is -0.620. The standard InChI is InChI=1S/C19H26BN3O4/c1-13(14-10-8-7-9-11-14)25-17(24)22-16-15(12-21-23(16)6)20-26-18(2,3)19(4,5)27-20/h7-13H,1-6H3,(H,22,24)/t13-/m1/s1. The first-order valence-corrected chi connectivity index (χ1v) is 9.01. The average molecular weight is 371 g/mol. The van der Waals surface area contributed by atoms with Gasteiger partial charge in [-0.25, -0.2) is 4.79 Å². The van der Waals surface area contributed by atoms with Crippen molar-refractivity contribution in [1.82, 2.24) is 9.78 Å². The molecule has 1 saturated heterocycles. The molecule has 1 atom stereocenters. The third-order valence-electron chi connectivity index (χ3n) is 5.25. The summed E-state index contributed by atoms with van der Waals surface area (Å²) in [5.41, 5.74) is 0.615. The first-order chi connectivity index (χ1) is 12.6. The van der Waals surface area contributed by atoms with Crippen molar-refractivity contribution in [2.75, 3.05) is 5.32 Å². The summed E-state index contributed by atoms with van der Waals surface area (Å²) in [4.78, 5) is 12.4. The number of hydrogen-bond acceptors (Lipinski definition) is 5. The molecule has 2 aromatic rings. The van der Waals surface area contributed by atoms with Gasteiger partial charge in [0.25, 0.3) is 0 Å². The Labute approximate surface area is 160 Å². The normalized spacial score (nSPS) is 19.0. The molecule has 1 aromatic carbocycles. The zero-order valence-electron chi connectivity index (χ0n) is 16.6. The summed E-state index contributed by atoms with van der Waals surface area (Å²) in [6.07, 6.45) is 0.700. The molecule has 0 radical (unpaired) electrons. The van der Waals surface area contributed by atoms with Gasteiger partial charge >= 0.3 is 13.2 Å². The van der Waals surface area contributed by atoms with E-state index in [9.17, 15) is 4.79 Å². The van der Waals surface area contributed by atoms with E-state index in [0.717, 1.165) is 5.56 Å². The van der Waals surface area contributed by atoms with Crippen molar-refractivity contribution in [3.63, 3.8) is 0 Å². The van der Waals surface area contributed by atoms with Gasteiger partial charge in [-0.1, -0.05) is 30.3 Å². The number of nitrogens with one attached hydrogen (secondary N) is 1. The molecule has 0 spiro atoms. The molecule has 2 heterocycles. The molecule has 1 aliphatic rings. The highest BCUT2D eigenvalue weighted by Crippen LogP contribution is 2.37. The summed E-state index contributed by atoms with van der Waals surface area (Å²) in [6.45, 7) is 9.74. The van der Waals surface area contributed by atoms with Crippen molar-refractivity contribution < 1.29 is 18.8 Å². The SMILES string of the molecule is C[C@@H](OC(=O)Nc1c(B2OC(C)(C)C(C)(C)O2)cnn1C)c1ccccc1. The maximum Gasteiger partial charge on any atom is 0.500 e. The van der Waals surface area contributed by atoms with E-state index in [0.29, 0.717) is 11.3 Å². The summed E-state index contributed by atoms with van der Waals surface area (Å²) < 4.78 is 19.2. The van der Waals surface area contributed by atoms with Gasteiger partial charge in [0.15, 0.2) is 0 Å².